The number of hydrogen-bond donors (Lipinski definition) is 1. The summed E-state index contributed by atoms with van der Waals surface area (Å²) in [5.41, 5.74) is 2.68. The first kappa shape index (κ1) is 14.6. The first-order valence-electron chi connectivity index (χ1n) is 5.81. The Hall–Kier alpha value is -0.780. The van der Waals surface area contributed by atoms with Crippen LogP contribution in [0.5, 0.6) is 5.75 Å². The Kier molecular flexibility index (Phi) is 4.71. The molecule has 0 bridgehead atoms. The van der Waals surface area contributed by atoms with Crippen molar-refractivity contribution in [3.63, 3.8) is 0 Å². The molecule has 0 aliphatic rings. The third-order valence-corrected chi connectivity index (χ3v) is 4.71. The van der Waals surface area contributed by atoms with Crippen LogP contribution in [0.25, 0.3) is 0 Å². The molecule has 0 aliphatic carbocycles. The maximum absolute atomic E-state index is 10.6. The summed E-state index contributed by atoms with van der Waals surface area (Å²) in [5, 5.41) is 11.2. The summed E-state index contributed by atoms with van der Waals surface area (Å²) in [5.74, 6) is 0.634. The highest BCUT2D eigenvalue weighted by Gasteiger charge is 2.18. The van der Waals surface area contributed by atoms with Crippen molar-refractivity contribution in [1.29, 1.82) is 0 Å². The molecular weight excluding hydrogens is 375 g/mol. The molecular formula is C15H14ClIO2. The van der Waals surface area contributed by atoms with E-state index in [9.17, 15) is 5.11 Å². The molecule has 1 atom stereocenters. The van der Waals surface area contributed by atoms with Crippen molar-refractivity contribution < 1.29 is 9.84 Å². The zero-order valence-electron chi connectivity index (χ0n) is 10.7. The van der Waals surface area contributed by atoms with E-state index < -0.39 is 6.10 Å². The molecule has 19 heavy (non-hydrogen) atoms. The van der Waals surface area contributed by atoms with Crippen LogP contribution in [-0.2, 0) is 0 Å². The molecule has 0 radical (unpaired) electrons. The quantitative estimate of drug-likeness (QED) is 0.793. The van der Waals surface area contributed by atoms with Crippen LogP contribution in [-0.4, -0.2) is 12.2 Å². The van der Waals surface area contributed by atoms with Gasteiger partial charge in [0.05, 0.1) is 7.11 Å². The van der Waals surface area contributed by atoms with Gasteiger partial charge in [-0.25, -0.2) is 0 Å². The van der Waals surface area contributed by atoms with Crippen molar-refractivity contribution in [2.75, 3.05) is 7.11 Å². The van der Waals surface area contributed by atoms with Gasteiger partial charge in [0.1, 0.15) is 11.9 Å². The van der Waals surface area contributed by atoms with Crippen molar-refractivity contribution in [1.82, 2.24) is 0 Å². The van der Waals surface area contributed by atoms with Gasteiger partial charge >= 0.3 is 0 Å². The Bertz CT molecular complexity index is 599. The summed E-state index contributed by atoms with van der Waals surface area (Å²) in [6.07, 6.45) is -0.750. The molecule has 0 saturated heterocycles. The van der Waals surface area contributed by atoms with Crippen LogP contribution in [0.2, 0.25) is 5.02 Å². The summed E-state index contributed by atoms with van der Waals surface area (Å²) < 4.78 is 6.34. The average molecular weight is 389 g/mol. The van der Waals surface area contributed by atoms with Gasteiger partial charge in [0.2, 0.25) is 0 Å². The molecule has 100 valence electrons. The maximum atomic E-state index is 10.6. The number of halogens is 2. The number of aliphatic hydroxyl groups is 1. The van der Waals surface area contributed by atoms with E-state index in [0.717, 1.165) is 14.7 Å². The summed E-state index contributed by atoms with van der Waals surface area (Å²) in [7, 11) is 1.58. The van der Waals surface area contributed by atoms with Gasteiger partial charge in [-0.2, -0.15) is 0 Å². The molecule has 0 spiro atoms. The van der Waals surface area contributed by atoms with E-state index in [1.807, 2.05) is 25.1 Å². The Labute approximate surface area is 131 Å². The Morgan fingerprint density at radius 3 is 2.63 bits per heavy atom. The van der Waals surface area contributed by atoms with Crippen LogP contribution in [0.1, 0.15) is 22.8 Å². The van der Waals surface area contributed by atoms with Crippen LogP contribution in [0.4, 0.5) is 0 Å². The number of aliphatic hydroxyl groups excluding tert-OH is 1. The Morgan fingerprint density at radius 1 is 1.21 bits per heavy atom. The normalized spacial score (nSPS) is 12.3. The van der Waals surface area contributed by atoms with Gasteiger partial charge < -0.3 is 9.84 Å². The first-order chi connectivity index (χ1) is 9.04. The lowest BCUT2D eigenvalue weighted by atomic mass is 9.99. The van der Waals surface area contributed by atoms with Gasteiger partial charge in [0.15, 0.2) is 0 Å². The third kappa shape index (κ3) is 3.04. The first-order valence-corrected chi connectivity index (χ1v) is 7.26. The topological polar surface area (TPSA) is 29.5 Å². The molecule has 0 saturated carbocycles. The van der Waals surface area contributed by atoms with Crippen LogP contribution >= 0.6 is 34.2 Å². The highest BCUT2D eigenvalue weighted by atomic mass is 127. The van der Waals surface area contributed by atoms with E-state index in [1.165, 1.54) is 0 Å². The molecule has 2 aromatic carbocycles. The predicted molar refractivity (Wildman–Crippen MR) is 86.0 cm³/mol. The molecule has 0 fully saturated rings. The molecule has 0 aromatic heterocycles. The van der Waals surface area contributed by atoms with Gasteiger partial charge in [-0.05, 0) is 58.8 Å². The van der Waals surface area contributed by atoms with Gasteiger partial charge in [0.25, 0.3) is 0 Å². The summed E-state index contributed by atoms with van der Waals surface area (Å²) in [6, 6.07) is 11.1. The molecule has 0 heterocycles. The van der Waals surface area contributed by atoms with E-state index in [0.29, 0.717) is 16.3 Å². The molecule has 0 aliphatic heterocycles. The lowest BCUT2D eigenvalue weighted by molar-refractivity contribution is 0.214. The van der Waals surface area contributed by atoms with Crippen molar-refractivity contribution in [2.24, 2.45) is 0 Å². The van der Waals surface area contributed by atoms with Gasteiger partial charge in [-0.3, -0.25) is 0 Å². The Morgan fingerprint density at radius 2 is 1.95 bits per heavy atom. The second kappa shape index (κ2) is 6.11. The molecule has 2 nitrogen and oxygen atoms in total. The molecule has 0 amide bonds. The second-order valence-corrected chi connectivity index (χ2v) is 5.78. The van der Waals surface area contributed by atoms with Crippen molar-refractivity contribution >= 4 is 34.2 Å². The third-order valence-electron chi connectivity index (χ3n) is 3.00. The SMILES string of the molecule is COc1ccc(Cl)cc1C(O)c1cccc(C)c1I. The zero-order chi connectivity index (χ0) is 14.0. The summed E-state index contributed by atoms with van der Waals surface area (Å²) in [6.45, 7) is 2.02. The van der Waals surface area contributed by atoms with E-state index in [4.69, 9.17) is 16.3 Å². The highest BCUT2D eigenvalue weighted by molar-refractivity contribution is 14.1. The minimum atomic E-state index is -0.750. The largest absolute Gasteiger partial charge is 0.496 e. The van der Waals surface area contributed by atoms with E-state index in [2.05, 4.69) is 22.6 Å². The average Bonchev–Trinajstić information content (AvgIpc) is 2.41. The van der Waals surface area contributed by atoms with Crippen LogP contribution in [0, 0.1) is 10.5 Å². The lowest BCUT2D eigenvalue weighted by Gasteiger charge is -2.17. The van der Waals surface area contributed by atoms with Crippen molar-refractivity contribution in [3.8, 4) is 5.75 Å². The number of ether oxygens (including phenoxy) is 1. The van der Waals surface area contributed by atoms with Crippen molar-refractivity contribution in [2.45, 2.75) is 13.0 Å². The number of rotatable bonds is 3. The number of methoxy groups -OCH3 is 1. The maximum Gasteiger partial charge on any atom is 0.125 e. The fourth-order valence-corrected chi connectivity index (χ4v) is 2.80. The highest BCUT2D eigenvalue weighted by Crippen LogP contribution is 2.34. The summed E-state index contributed by atoms with van der Waals surface area (Å²) in [4.78, 5) is 0. The molecule has 1 N–H and O–H groups in total. The fourth-order valence-electron chi connectivity index (χ4n) is 1.97. The number of aryl methyl sites for hydroxylation is 1. The fraction of sp³-hybridized carbons (Fsp3) is 0.200. The molecule has 2 aromatic rings. The monoisotopic (exact) mass is 388 g/mol. The number of benzene rings is 2. The zero-order valence-corrected chi connectivity index (χ0v) is 13.6. The van der Waals surface area contributed by atoms with Gasteiger partial charge in [0, 0.05) is 14.2 Å². The standard InChI is InChI=1S/C15H14ClIO2/c1-9-4-3-5-11(14(9)17)15(18)12-8-10(16)6-7-13(12)19-2/h3-8,15,18H,1-2H3. The molecule has 1 unspecified atom stereocenters. The number of hydrogen-bond acceptors (Lipinski definition) is 2. The van der Waals surface area contributed by atoms with Crippen molar-refractivity contribution in [3.05, 3.63) is 61.7 Å². The molecule has 2 rings (SSSR count). The van der Waals surface area contributed by atoms with Crippen LogP contribution in [0.15, 0.2) is 36.4 Å². The second-order valence-electron chi connectivity index (χ2n) is 4.27. The lowest BCUT2D eigenvalue weighted by Crippen LogP contribution is -2.05. The minimum Gasteiger partial charge on any atom is -0.496 e. The molecule has 4 heteroatoms. The smallest absolute Gasteiger partial charge is 0.125 e. The minimum absolute atomic E-state index is 0.581. The van der Waals surface area contributed by atoms with E-state index in [-0.39, 0.29) is 0 Å². The van der Waals surface area contributed by atoms with Gasteiger partial charge in [-0.15, -0.1) is 0 Å². The van der Waals surface area contributed by atoms with Gasteiger partial charge in [-0.1, -0.05) is 29.8 Å². The predicted octanol–water partition coefficient (Wildman–Crippen LogP) is 4.34. The van der Waals surface area contributed by atoms with Crippen LogP contribution in [0.3, 0.4) is 0 Å². The van der Waals surface area contributed by atoms with Crippen LogP contribution < -0.4 is 4.74 Å². The van der Waals surface area contributed by atoms with E-state index >= 15 is 0 Å². The summed E-state index contributed by atoms with van der Waals surface area (Å²) >= 11 is 8.25. The van der Waals surface area contributed by atoms with E-state index in [1.54, 1.807) is 25.3 Å². The Balaban J connectivity index is 2.52.